The molecule has 1 aromatic rings. The Bertz CT molecular complexity index is 503. The van der Waals surface area contributed by atoms with Crippen LogP contribution in [0, 0.1) is 0 Å². The summed E-state index contributed by atoms with van der Waals surface area (Å²) >= 11 is 0. The fraction of sp³-hybridized carbons (Fsp3) is 0.500. The van der Waals surface area contributed by atoms with Crippen molar-refractivity contribution in [1.29, 1.82) is 0 Å². The van der Waals surface area contributed by atoms with Gasteiger partial charge in [-0.25, -0.2) is 4.79 Å². The second kappa shape index (κ2) is 6.07. The highest BCUT2D eigenvalue weighted by Gasteiger charge is 2.28. The SMILES string of the molecule is CCC(C(=O)O)N(C)C(=O)c1ccccc1C(C)(C)C. The minimum Gasteiger partial charge on any atom is -0.480 e. The van der Waals surface area contributed by atoms with Gasteiger partial charge in [0.05, 0.1) is 0 Å². The van der Waals surface area contributed by atoms with Gasteiger partial charge in [0.1, 0.15) is 6.04 Å². The zero-order valence-corrected chi connectivity index (χ0v) is 12.8. The summed E-state index contributed by atoms with van der Waals surface area (Å²) in [6.07, 6.45) is 0.384. The van der Waals surface area contributed by atoms with Gasteiger partial charge in [-0.1, -0.05) is 45.9 Å². The molecule has 110 valence electrons. The minimum atomic E-state index is -0.975. The molecule has 1 amide bonds. The average Bonchev–Trinajstić information content (AvgIpc) is 2.37. The van der Waals surface area contributed by atoms with Crippen LogP contribution in [0.3, 0.4) is 0 Å². The fourth-order valence-corrected chi connectivity index (χ4v) is 2.27. The molecule has 0 fully saturated rings. The molecule has 0 aliphatic rings. The van der Waals surface area contributed by atoms with Crippen LogP contribution in [0.1, 0.15) is 50.0 Å². The Hall–Kier alpha value is -1.84. The molecule has 1 unspecified atom stereocenters. The van der Waals surface area contributed by atoms with Crippen molar-refractivity contribution >= 4 is 11.9 Å². The Balaban J connectivity index is 3.19. The van der Waals surface area contributed by atoms with Crippen LogP contribution >= 0.6 is 0 Å². The van der Waals surface area contributed by atoms with Crippen molar-refractivity contribution in [2.75, 3.05) is 7.05 Å². The number of carboxylic acids is 1. The molecule has 0 saturated carbocycles. The number of aliphatic carboxylic acids is 1. The molecule has 0 bridgehead atoms. The lowest BCUT2D eigenvalue weighted by molar-refractivity contribution is -0.142. The van der Waals surface area contributed by atoms with E-state index in [9.17, 15) is 14.7 Å². The molecule has 0 aromatic heterocycles. The lowest BCUT2D eigenvalue weighted by Gasteiger charge is -2.28. The second-order valence-corrected chi connectivity index (χ2v) is 5.97. The number of hydrogen-bond donors (Lipinski definition) is 1. The van der Waals surface area contributed by atoms with Gasteiger partial charge in [0.15, 0.2) is 0 Å². The standard InChI is InChI=1S/C16H23NO3/c1-6-13(15(19)20)17(5)14(18)11-9-7-8-10-12(11)16(2,3)4/h7-10,13H,6H2,1-5H3,(H,19,20). The number of carboxylic acid groups (broad SMARTS) is 1. The number of carbonyl (C=O) groups is 2. The third kappa shape index (κ3) is 3.38. The number of likely N-dealkylation sites (N-methyl/N-ethyl adjacent to an activating group) is 1. The lowest BCUT2D eigenvalue weighted by Crippen LogP contribution is -2.42. The zero-order valence-electron chi connectivity index (χ0n) is 12.8. The quantitative estimate of drug-likeness (QED) is 0.920. The van der Waals surface area contributed by atoms with Gasteiger partial charge in [-0.2, -0.15) is 0 Å². The van der Waals surface area contributed by atoms with E-state index in [2.05, 4.69) is 0 Å². The molecule has 0 aliphatic carbocycles. The summed E-state index contributed by atoms with van der Waals surface area (Å²) in [7, 11) is 1.55. The van der Waals surface area contributed by atoms with E-state index in [4.69, 9.17) is 0 Å². The number of rotatable bonds is 4. The summed E-state index contributed by atoms with van der Waals surface area (Å²) in [6.45, 7) is 7.87. The molecule has 1 N–H and O–H groups in total. The molecule has 0 heterocycles. The fourth-order valence-electron chi connectivity index (χ4n) is 2.27. The predicted molar refractivity (Wildman–Crippen MR) is 79.0 cm³/mol. The Morgan fingerprint density at radius 2 is 1.80 bits per heavy atom. The van der Waals surface area contributed by atoms with Gasteiger partial charge >= 0.3 is 5.97 Å². The van der Waals surface area contributed by atoms with E-state index >= 15 is 0 Å². The van der Waals surface area contributed by atoms with Crippen LogP contribution in [-0.2, 0) is 10.2 Å². The summed E-state index contributed by atoms with van der Waals surface area (Å²) in [6, 6.07) is 6.58. The highest BCUT2D eigenvalue weighted by molar-refractivity contribution is 5.98. The normalized spacial score (nSPS) is 12.8. The van der Waals surface area contributed by atoms with Crippen LogP contribution in [0.25, 0.3) is 0 Å². The molecule has 0 saturated heterocycles. The lowest BCUT2D eigenvalue weighted by atomic mass is 9.83. The van der Waals surface area contributed by atoms with E-state index in [1.54, 1.807) is 26.1 Å². The summed E-state index contributed by atoms with van der Waals surface area (Å²) < 4.78 is 0. The summed E-state index contributed by atoms with van der Waals surface area (Å²) in [5.41, 5.74) is 1.33. The van der Waals surface area contributed by atoms with E-state index in [0.29, 0.717) is 12.0 Å². The van der Waals surface area contributed by atoms with Gasteiger partial charge in [0, 0.05) is 12.6 Å². The Labute approximate surface area is 120 Å². The van der Waals surface area contributed by atoms with Crippen molar-refractivity contribution in [3.8, 4) is 0 Å². The molecule has 0 radical (unpaired) electrons. The maximum absolute atomic E-state index is 12.6. The molecular formula is C16H23NO3. The smallest absolute Gasteiger partial charge is 0.326 e. The Morgan fingerprint density at radius 3 is 2.25 bits per heavy atom. The number of carbonyl (C=O) groups excluding carboxylic acids is 1. The molecular weight excluding hydrogens is 254 g/mol. The van der Waals surface area contributed by atoms with E-state index in [1.807, 2.05) is 32.9 Å². The molecule has 1 rings (SSSR count). The molecule has 1 aromatic carbocycles. The topological polar surface area (TPSA) is 57.6 Å². The van der Waals surface area contributed by atoms with Crippen LogP contribution < -0.4 is 0 Å². The summed E-state index contributed by atoms with van der Waals surface area (Å²) in [5, 5.41) is 9.17. The maximum atomic E-state index is 12.6. The van der Waals surface area contributed by atoms with Crippen molar-refractivity contribution in [3.05, 3.63) is 35.4 Å². The number of hydrogen-bond acceptors (Lipinski definition) is 2. The van der Waals surface area contributed by atoms with E-state index in [1.165, 1.54) is 4.90 Å². The third-order valence-corrected chi connectivity index (χ3v) is 3.43. The number of benzene rings is 1. The van der Waals surface area contributed by atoms with Gasteiger partial charge in [0.25, 0.3) is 5.91 Å². The van der Waals surface area contributed by atoms with Crippen molar-refractivity contribution in [3.63, 3.8) is 0 Å². The van der Waals surface area contributed by atoms with Crippen molar-refractivity contribution in [2.24, 2.45) is 0 Å². The highest BCUT2D eigenvalue weighted by atomic mass is 16.4. The second-order valence-electron chi connectivity index (χ2n) is 5.97. The van der Waals surface area contributed by atoms with Gasteiger partial charge in [-0.05, 0) is 23.5 Å². The predicted octanol–water partition coefficient (Wildman–Crippen LogP) is 2.92. The summed E-state index contributed by atoms with van der Waals surface area (Å²) in [4.78, 5) is 25.1. The van der Waals surface area contributed by atoms with Gasteiger partial charge in [-0.3, -0.25) is 4.79 Å². The number of nitrogens with zero attached hydrogens (tertiary/aromatic N) is 1. The van der Waals surface area contributed by atoms with Crippen LogP contribution in [0.15, 0.2) is 24.3 Å². The molecule has 20 heavy (non-hydrogen) atoms. The highest BCUT2D eigenvalue weighted by Crippen LogP contribution is 2.26. The first-order chi connectivity index (χ1) is 9.20. The van der Waals surface area contributed by atoms with Crippen LogP contribution in [-0.4, -0.2) is 35.0 Å². The third-order valence-electron chi connectivity index (χ3n) is 3.43. The zero-order chi connectivity index (χ0) is 15.5. The van der Waals surface area contributed by atoms with Crippen molar-refractivity contribution < 1.29 is 14.7 Å². The van der Waals surface area contributed by atoms with Crippen LogP contribution in [0.2, 0.25) is 0 Å². The first-order valence-corrected chi connectivity index (χ1v) is 6.79. The largest absolute Gasteiger partial charge is 0.480 e. The molecule has 4 heteroatoms. The van der Waals surface area contributed by atoms with Crippen LogP contribution in [0.5, 0.6) is 0 Å². The Morgan fingerprint density at radius 1 is 1.25 bits per heavy atom. The Kier molecular flexibility index (Phi) is 4.93. The van der Waals surface area contributed by atoms with E-state index in [0.717, 1.165) is 5.56 Å². The first kappa shape index (κ1) is 16.2. The van der Waals surface area contributed by atoms with Crippen molar-refractivity contribution in [1.82, 2.24) is 4.90 Å². The van der Waals surface area contributed by atoms with Gasteiger partial charge in [-0.15, -0.1) is 0 Å². The molecule has 1 atom stereocenters. The average molecular weight is 277 g/mol. The van der Waals surface area contributed by atoms with Gasteiger partial charge < -0.3 is 10.0 Å². The van der Waals surface area contributed by atoms with Crippen LogP contribution in [0.4, 0.5) is 0 Å². The molecule has 4 nitrogen and oxygen atoms in total. The van der Waals surface area contributed by atoms with Crippen molar-refractivity contribution in [2.45, 2.75) is 45.6 Å². The summed E-state index contributed by atoms with van der Waals surface area (Å²) in [5.74, 6) is -1.22. The van der Waals surface area contributed by atoms with Gasteiger partial charge in [0.2, 0.25) is 0 Å². The minimum absolute atomic E-state index is 0.169. The van der Waals surface area contributed by atoms with E-state index < -0.39 is 12.0 Å². The van der Waals surface area contributed by atoms with E-state index in [-0.39, 0.29) is 11.3 Å². The molecule has 0 spiro atoms. The monoisotopic (exact) mass is 277 g/mol. The first-order valence-electron chi connectivity index (χ1n) is 6.79. The molecule has 0 aliphatic heterocycles. The maximum Gasteiger partial charge on any atom is 0.326 e. The number of amides is 1.